The van der Waals surface area contributed by atoms with E-state index in [0.29, 0.717) is 24.5 Å². The highest BCUT2D eigenvalue weighted by Crippen LogP contribution is 2.46. The maximum Gasteiger partial charge on any atom is 0.0431 e. The van der Waals surface area contributed by atoms with Gasteiger partial charge in [0.05, 0.1) is 0 Å². The Hall–Kier alpha value is -0.990. The molecule has 2 nitrogen and oxygen atoms in total. The van der Waals surface area contributed by atoms with E-state index >= 15 is 0 Å². The molecule has 0 saturated carbocycles. The number of fused-ring (bicyclic) bond motifs is 3. The number of hydrogen-bond donors (Lipinski definition) is 2. The van der Waals surface area contributed by atoms with Gasteiger partial charge in [0.2, 0.25) is 0 Å². The van der Waals surface area contributed by atoms with Crippen LogP contribution in [-0.2, 0) is 0 Å². The van der Waals surface area contributed by atoms with Crippen LogP contribution in [0.15, 0.2) is 30.4 Å². The highest BCUT2D eigenvalue weighted by atomic mass is 35.5. The molecule has 3 rings (SSSR count). The summed E-state index contributed by atoms with van der Waals surface area (Å²) in [5, 5.41) is 13.4. The van der Waals surface area contributed by atoms with E-state index in [2.05, 4.69) is 29.6 Å². The lowest BCUT2D eigenvalue weighted by Gasteiger charge is -2.37. The number of aliphatic hydroxyl groups excluding tert-OH is 1. The average molecular weight is 278 g/mol. The Morgan fingerprint density at radius 3 is 3.05 bits per heavy atom. The van der Waals surface area contributed by atoms with E-state index < -0.39 is 0 Å². The monoisotopic (exact) mass is 277 g/mol. The van der Waals surface area contributed by atoms with Crippen molar-refractivity contribution < 1.29 is 5.11 Å². The summed E-state index contributed by atoms with van der Waals surface area (Å²) < 4.78 is 0. The molecule has 102 valence electrons. The van der Waals surface area contributed by atoms with Gasteiger partial charge >= 0.3 is 0 Å². The Labute approximate surface area is 119 Å². The molecule has 0 fully saturated rings. The third kappa shape index (κ3) is 2.52. The molecule has 1 aliphatic carbocycles. The molecule has 2 aliphatic rings. The Bertz CT molecular complexity index is 486. The molecule has 19 heavy (non-hydrogen) atoms. The highest BCUT2D eigenvalue weighted by molar-refractivity contribution is 6.30. The van der Waals surface area contributed by atoms with Gasteiger partial charge in [-0.2, -0.15) is 0 Å². The van der Waals surface area contributed by atoms with Crippen LogP contribution in [0.1, 0.15) is 37.2 Å². The normalized spacial score (nSPS) is 27.8. The fourth-order valence-electron chi connectivity index (χ4n) is 3.43. The van der Waals surface area contributed by atoms with Crippen LogP contribution in [0.3, 0.4) is 0 Å². The predicted molar refractivity (Wildman–Crippen MR) is 79.8 cm³/mol. The van der Waals surface area contributed by atoms with E-state index in [9.17, 15) is 0 Å². The van der Waals surface area contributed by atoms with Crippen molar-refractivity contribution >= 4 is 17.3 Å². The number of nitrogens with one attached hydrogen (secondary N) is 1. The van der Waals surface area contributed by atoms with Crippen LogP contribution in [0.5, 0.6) is 0 Å². The zero-order chi connectivity index (χ0) is 13.2. The zero-order valence-corrected chi connectivity index (χ0v) is 11.7. The number of allylic oxidation sites excluding steroid dienone is 2. The van der Waals surface area contributed by atoms with Crippen molar-refractivity contribution in [1.82, 2.24) is 0 Å². The lowest BCUT2D eigenvalue weighted by molar-refractivity contribution is 0.277. The van der Waals surface area contributed by atoms with Crippen LogP contribution in [0, 0.1) is 5.92 Å². The quantitative estimate of drug-likeness (QED) is 0.645. The second-order valence-electron chi connectivity index (χ2n) is 5.56. The first-order valence-corrected chi connectivity index (χ1v) is 7.51. The van der Waals surface area contributed by atoms with E-state index in [0.717, 1.165) is 30.7 Å². The molecule has 0 saturated heterocycles. The predicted octanol–water partition coefficient (Wildman–Crippen LogP) is 3.96. The number of aliphatic hydroxyl groups is 1. The fourth-order valence-corrected chi connectivity index (χ4v) is 3.61. The largest absolute Gasteiger partial charge is 0.396 e. The molecule has 1 heterocycles. The van der Waals surface area contributed by atoms with Gasteiger partial charge in [-0.1, -0.05) is 23.8 Å². The zero-order valence-electron chi connectivity index (χ0n) is 11.0. The first kappa shape index (κ1) is 13.0. The van der Waals surface area contributed by atoms with Crippen LogP contribution in [0.25, 0.3) is 0 Å². The summed E-state index contributed by atoms with van der Waals surface area (Å²) in [7, 11) is 0. The van der Waals surface area contributed by atoms with Gasteiger partial charge < -0.3 is 10.4 Å². The number of unbranched alkanes of at least 4 members (excludes halogenated alkanes) is 1. The molecule has 1 aliphatic heterocycles. The van der Waals surface area contributed by atoms with Gasteiger partial charge in [0.15, 0.2) is 0 Å². The molecule has 0 aromatic heterocycles. The van der Waals surface area contributed by atoms with Crippen LogP contribution in [0.2, 0.25) is 5.02 Å². The third-order valence-electron chi connectivity index (χ3n) is 4.37. The standard InChI is InChI=1S/C16H20ClNO/c17-11-7-8-16-14(10-11)12-4-3-5-13(12)15(18-16)6-1-2-9-19/h3-4,7-8,10,12-13,15,18-19H,1-2,5-6,9H2/t12-,13+,15+/m0/s1. The Balaban J connectivity index is 1.83. The maximum atomic E-state index is 8.92. The molecule has 0 spiro atoms. The molecule has 3 atom stereocenters. The first-order chi connectivity index (χ1) is 9.29. The minimum absolute atomic E-state index is 0.297. The second kappa shape index (κ2) is 5.56. The van der Waals surface area contributed by atoms with Crippen molar-refractivity contribution in [3.05, 3.63) is 40.9 Å². The van der Waals surface area contributed by atoms with Crippen molar-refractivity contribution in [3.8, 4) is 0 Å². The van der Waals surface area contributed by atoms with Gasteiger partial charge in [0, 0.05) is 29.3 Å². The van der Waals surface area contributed by atoms with Crippen LogP contribution < -0.4 is 5.32 Å². The van der Waals surface area contributed by atoms with Crippen molar-refractivity contribution in [1.29, 1.82) is 0 Å². The van der Waals surface area contributed by atoms with Crippen LogP contribution in [-0.4, -0.2) is 17.8 Å². The average Bonchev–Trinajstić information content (AvgIpc) is 2.89. The number of hydrogen-bond acceptors (Lipinski definition) is 2. The van der Waals surface area contributed by atoms with E-state index in [4.69, 9.17) is 16.7 Å². The second-order valence-corrected chi connectivity index (χ2v) is 5.99. The number of rotatable bonds is 4. The van der Waals surface area contributed by atoms with Gasteiger partial charge in [0.1, 0.15) is 0 Å². The Morgan fingerprint density at radius 1 is 1.32 bits per heavy atom. The molecular weight excluding hydrogens is 258 g/mol. The Morgan fingerprint density at radius 2 is 2.21 bits per heavy atom. The number of benzene rings is 1. The molecular formula is C16H20ClNO. The van der Waals surface area contributed by atoms with E-state index in [1.54, 1.807) is 0 Å². The molecule has 0 unspecified atom stereocenters. The minimum Gasteiger partial charge on any atom is -0.396 e. The summed E-state index contributed by atoms with van der Waals surface area (Å²) in [6.45, 7) is 0.297. The van der Waals surface area contributed by atoms with Crippen LogP contribution in [0.4, 0.5) is 5.69 Å². The van der Waals surface area contributed by atoms with Crippen LogP contribution >= 0.6 is 11.6 Å². The molecule has 0 amide bonds. The number of anilines is 1. The smallest absolute Gasteiger partial charge is 0.0431 e. The summed E-state index contributed by atoms with van der Waals surface area (Å²) >= 11 is 6.13. The number of halogens is 1. The molecule has 1 aromatic rings. The fraction of sp³-hybridized carbons (Fsp3) is 0.500. The van der Waals surface area contributed by atoms with E-state index in [-0.39, 0.29) is 0 Å². The molecule has 2 N–H and O–H groups in total. The topological polar surface area (TPSA) is 32.3 Å². The maximum absolute atomic E-state index is 8.92. The summed E-state index contributed by atoms with van der Waals surface area (Å²) in [6, 6.07) is 6.66. The van der Waals surface area contributed by atoms with Crippen molar-refractivity contribution in [3.63, 3.8) is 0 Å². The van der Waals surface area contributed by atoms with Gasteiger partial charge in [-0.25, -0.2) is 0 Å². The summed E-state index contributed by atoms with van der Waals surface area (Å²) in [4.78, 5) is 0. The van der Waals surface area contributed by atoms with E-state index in [1.807, 2.05) is 6.07 Å². The third-order valence-corrected chi connectivity index (χ3v) is 4.60. The SMILES string of the molecule is OCCCC[C@H]1Nc2ccc(Cl)cc2[C@H]2C=CC[C@H]21. The van der Waals surface area contributed by atoms with E-state index in [1.165, 1.54) is 11.3 Å². The molecule has 3 heteroatoms. The summed E-state index contributed by atoms with van der Waals surface area (Å²) in [5.41, 5.74) is 2.57. The van der Waals surface area contributed by atoms with Crippen molar-refractivity contribution in [2.45, 2.75) is 37.6 Å². The summed E-state index contributed by atoms with van der Waals surface area (Å²) in [5.74, 6) is 1.15. The van der Waals surface area contributed by atoms with Crippen molar-refractivity contribution in [2.24, 2.45) is 5.92 Å². The molecule has 0 bridgehead atoms. The van der Waals surface area contributed by atoms with Gasteiger partial charge in [-0.05, 0) is 55.4 Å². The minimum atomic E-state index is 0.297. The van der Waals surface area contributed by atoms with Gasteiger partial charge in [-0.15, -0.1) is 0 Å². The van der Waals surface area contributed by atoms with Crippen molar-refractivity contribution in [2.75, 3.05) is 11.9 Å². The first-order valence-electron chi connectivity index (χ1n) is 7.13. The van der Waals surface area contributed by atoms with Gasteiger partial charge in [0.25, 0.3) is 0 Å². The lowest BCUT2D eigenvalue weighted by atomic mass is 9.78. The highest BCUT2D eigenvalue weighted by Gasteiger charge is 2.36. The Kier molecular flexibility index (Phi) is 3.81. The summed E-state index contributed by atoms with van der Waals surface area (Å²) in [6.07, 6.45) is 8.89. The lowest BCUT2D eigenvalue weighted by Crippen LogP contribution is -2.35. The molecule has 1 aromatic carbocycles. The van der Waals surface area contributed by atoms with Gasteiger partial charge in [-0.3, -0.25) is 0 Å². The molecule has 0 radical (unpaired) electrons.